The predicted molar refractivity (Wildman–Crippen MR) is 128 cm³/mol. The van der Waals surface area contributed by atoms with Crippen molar-refractivity contribution in [1.29, 1.82) is 0 Å². The van der Waals surface area contributed by atoms with E-state index in [9.17, 15) is 33.9 Å². The number of carbonyl (C=O) groups is 6. The summed E-state index contributed by atoms with van der Waals surface area (Å²) in [5.74, 6) is -6.64. The number of primary amides is 1. The molecule has 0 fully saturated rings. The number of phenols is 1. The third-order valence-corrected chi connectivity index (χ3v) is 5.22. The van der Waals surface area contributed by atoms with Gasteiger partial charge in [0.05, 0.1) is 12.5 Å². The maximum Gasteiger partial charge on any atom is 0.326 e. The van der Waals surface area contributed by atoms with Crippen molar-refractivity contribution in [2.24, 2.45) is 11.5 Å². The molecule has 4 unspecified atom stereocenters. The number of aliphatic carboxylic acids is 2. The summed E-state index contributed by atoms with van der Waals surface area (Å²) in [6.07, 6.45) is -1.21. The minimum Gasteiger partial charge on any atom is -0.508 e. The Kier molecular flexibility index (Phi) is 12.2. The molecule has 0 aromatic heterocycles. The summed E-state index contributed by atoms with van der Waals surface area (Å²) in [5, 5.41) is 34.2. The fraction of sp³-hybridized carbons (Fsp3) is 0.429. The van der Waals surface area contributed by atoms with Crippen LogP contribution in [0.5, 0.6) is 5.75 Å². The Morgan fingerprint density at radius 1 is 0.861 bits per heavy atom. The average Bonchev–Trinajstić information content (AvgIpc) is 2.80. The van der Waals surface area contributed by atoms with Crippen molar-refractivity contribution >= 4 is 48.2 Å². The van der Waals surface area contributed by atoms with E-state index in [1.165, 1.54) is 24.3 Å². The molecule has 0 spiro atoms. The fourth-order valence-corrected chi connectivity index (χ4v) is 3.16. The van der Waals surface area contributed by atoms with E-state index in [-0.39, 0.29) is 30.8 Å². The lowest BCUT2D eigenvalue weighted by Gasteiger charge is -2.24. The number of benzene rings is 1. The molecule has 4 atom stereocenters. The second-order valence-corrected chi connectivity index (χ2v) is 8.15. The van der Waals surface area contributed by atoms with Gasteiger partial charge in [0.25, 0.3) is 0 Å². The number of phenolic OH excluding ortho intramolecular Hbond substituents is 1. The Balaban J connectivity index is 3.02. The molecule has 15 heteroatoms. The molecule has 14 nitrogen and oxygen atoms in total. The number of nitrogens with one attached hydrogen (secondary N) is 3. The monoisotopic (exact) mass is 527 g/mol. The zero-order chi connectivity index (χ0) is 27.4. The van der Waals surface area contributed by atoms with Gasteiger partial charge in [0.2, 0.25) is 23.6 Å². The number of rotatable bonds is 15. The first-order valence-corrected chi connectivity index (χ1v) is 11.3. The molecular formula is C21H29N5O9S. The van der Waals surface area contributed by atoms with Gasteiger partial charge in [-0.3, -0.25) is 24.0 Å². The Morgan fingerprint density at radius 3 is 1.89 bits per heavy atom. The van der Waals surface area contributed by atoms with E-state index in [1.807, 2.05) is 5.32 Å². The lowest BCUT2D eigenvalue weighted by Crippen LogP contribution is -2.58. The highest BCUT2D eigenvalue weighted by atomic mass is 32.1. The molecule has 1 aromatic carbocycles. The first-order valence-electron chi connectivity index (χ1n) is 10.6. The summed E-state index contributed by atoms with van der Waals surface area (Å²) in [5.41, 5.74) is 11.3. The Hall–Kier alpha value is -3.85. The molecule has 0 aliphatic carbocycles. The van der Waals surface area contributed by atoms with Gasteiger partial charge >= 0.3 is 11.9 Å². The summed E-state index contributed by atoms with van der Waals surface area (Å²) in [7, 11) is 0. The van der Waals surface area contributed by atoms with E-state index in [0.29, 0.717) is 5.56 Å². The molecule has 0 aliphatic heterocycles. The van der Waals surface area contributed by atoms with E-state index < -0.39 is 66.2 Å². The number of aromatic hydroxyl groups is 1. The van der Waals surface area contributed by atoms with E-state index in [0.717, 1.165) is 0 Å². The summed E-state index contributed by atoms with van der Waals surface area (Å²) in [6, 6.07) is 0.174. The van der Waals surface area contributed by atoms with Gasteiger partial charge in [-0.2, -0.15) is 12.6 Å². The first kappa shape index (κ1) is 30.2. The number of hydrogen-bond donors (Lipinski definition) is 9. The van der Waals surface area contributed by atoms with Crippen molar-refractivity contribution in [3.05, 3.63) is 29.8 Å². The molecule has 0 saturated heterocycles. The Labute approximate surface area is 211 Å². The number of carbonyl (C=O) groups excluding carboxylic acids is 4. The third kappa shape index (κ3) is 10.6. The Bertz CT molecular complexity index is 973. The number of thiol groups is 1. The van der Waals surface area contributed by atoms with Crippen LogP contribution in [0.2, 0.25) is 0 Å². The Morgan fingerprint density at radius 2 is 1.39 bits per heavy atom. The number of carboxylic acids is 2. The minimum atomic E-state index is -1.75. The van der Waals surface area contributed by atoms with Crippen molar-refractivity contribution in [2.75, 3.05) is 5.75 Å². The molecule has 0 radical (unpaired) electrons. The van der Waals surface area contributed by atoms with Gasteiger partial charge < -0.3 is 42.7 Å². The second-order valence-electron chi connectivity index (χ2n) is 7.78. The highest BCUT2D eigenvalue weighted by Gasteiger charge is 2.30. The molecule has 0 aliphatic rings. The molecule has 4 amide bonds. The average molecular weight is 528 g/mol. The van der Waals surface area contributed by atoms with Crippen molar-refractivity contribution in [3.8, 4) is 5.75 Å². The summed E-state index contributed by atoms with van der Waals surface area (Å²) < 4.78 is 0. The topological polar surface area (TPSA) is 251 Å². The minimum absolute atomic E-state index is 0.0292. The molecule has 1 rings (SSSR count). The van der Waals surface area contributed by atoms with Crippen molar-refractivity contribution in [1.82, 2.24) is 16.0 Å². The van der Waals surface area contributed by atoms with Gasteiger partial charge in [-0.15, -0.1) is 0 Å². The highest BCUT2D eigenvalue weighted by molar-refractivity contribution is 7.80. The molecule has 36 heavy (non-hydrogen) atoms. The fourth-order valence-electron chi connectivity index (χ4n) is 2.90. The third-order valence-electron chi connectivity index (χ3n) is 4.86. The van der Waals surface area contributed by atoms with Crippen LogP contribution in [-0.2, 0) is 35.2 Å². The molecular weight excluding hydrogens is 498 g/mol. The zero-order valence-electron chi connectivity index (χ0n) is 19.0. The van der Waals surface area contributed by atoms with Gasteiger partial charge in [0, 0.05) is 18.6 Å². The van der Waals surface area contributed by atoms with Gasteiger partial charge in [0.15, 0.2) is 0 Å². The molecule has 1 aromatic rings. The van der Waals surface area contributed by atoms with Crippen LogP contribution < -0.4 is 27.4 Å². The lowest BCUT2D eigenvalue weighted by atomic mass is 10.0. The van der Waals surface area contributed by atoms with E-state index >= 15 is 0 Å². The van der Waals surface area contributed by atoms with Gasteiger partial charge in [-0.05, 0) is 24.1 Å². The number of hydrogen-bond acceptors (Lipinski definition) is 9. The summed E-state index contributed by atoms with van der Waals surface area (Å²) in [6.45, 7) is 0. The van der Waals surface area contributed by atoms with Crippen LogP contribution >= 0.6 is 12.6 Å². The van der Waals surface area contributed by atoms with E-state index in [1.54, 1.807) is 0 Å². The summed E-state index contributed by atoms with van der Waals surface area (Å²) in [4.78, 5) is 71.0. The van der Waals surface area contributed by atoms with E-state index in [4.69, 9.17) is 21.7 Å². The molecule has 0 heterocycles. The normalized spacial score (nSPS) is 13.9. The molecule has 198 valence electrons. The van der Waals surface area contributed by atoms with Crippen LogP contribution in [0.4, 0.5) is 0 Å². The van der Waals surface area contributed by atoms with Crippen LogP contribution in [0.15, 0.2) is 24.3 Å². The molecule has 10 N–H and O–H groups in total. The molecule has 0 bridgehead atoms. The second kappa shape index (κ2) is 14.5. The molecule has 0 saturated carbocycles. The van der Waals surface area contributed by atoms with Crippen LogP contribution in [0.1, 0.15) is 24.8 Å². The SMILES string of the molecule is NC(=O)CCC(N)C(=O)NC(Cc1ccc(O)cc1)C(=O)NC(CS)C(=O)NC(CC(=O)O)C(=O)O. The van der Waals surface area contributed by atoms with Gasteiger partial charge in [-0.25, -0.2) is 4.79 Å². The van der Waals surface area contributed by atoms with Crippen molar-refractivity contribution in [3.63, 3.8) is 0 Å². The number of carboxylic acid groups (broad SMARTS) is 2. The van der Waals surface area contributed by atoms with Gasteiger partial charge in [-0.1, -0.05) is 12.1 Å². The zero-order valence-corrected chi connectivity index (χ0v) is 19.9. The number of nitrogens with two attached hydrogens (primary N) is 2. The predicted octanol–water partition coefficient (Wildman–Crippen LogP) is -2.53. The van der Waals surface area contributed by atoms with Crippen molar-refractivity contribution in [2.45, 2.75) is 49.9 Å². The van der Waals surface area contributed by atoms with E-state index in [2.05, 4.69) is 23.3 Å². The van der Waals surface area contributed by atoms with Crippen LogP contribution in [-0.4, -0.2) is 80.8 Å². The quantitative estimate of drug-likeness (QED) is 0.108. The van der Waals surface area contributed by atoms with Crippen LogP contribution in [0, 0.1) is 0 Å². The lowest BCUT2D eigenvalue weighted by molar-refractivity contribution is -0.147. The van der Waals surface area contributed by atoms with Crippen LogP contribution in [0.3, 0.4) is 0 Å². The number of amides is 4. The maximum atomic E-state index is 13.0. The largest absolute Gasteiger partial charge is 0.508 e. The highest BCUT2D eigenvalue weighted by Crippen LogP contribution is 2.12. The standard InChI is InChI=1S/C21H29N5O9S/c22-12(5-6-16(23)28)18(31)24-13(7-10-1-3-11(27)4-2-10)19(32)26-15(9-36)20(33)25-14(21(34)35)8-17(29)30/h1-4,12-15,27,36H,5-9,22H2,(H2,23,28)(H,24,31)(H,25,33)(H,26,32)(H,29,30)(H,34,35). The first-order chi connectivity index (χ1) is 16.8. The summed E-state index contributed by atoms with van der Waals surface area (Å²) >= 11 is 3.98. The van der Waals surface area contributed by atoms with Crippen molar-refractivity contribution < 1.29 is 44.1 Å². The maximum absolute atomic E-state index is 13.0. The van der Waals surface area contributed by atoms with Crippen LogP contribution in [0.25, 0.3) is 0 Å². The smallest absolute Gasteiger partial charge is 0.326 e. The van der Waals surface area contributed by atoms with Gasteiger partial charge in [0.1, 0.15) is 23.9 Å².